The van der Waals surface area contributed by atoms with Gasteiger partial charge in [-0.1, -0.05) is 56.2 Å². The van der Waals surface area contributed by atoms with Crippen LogP contribution < -0.4 is 4.48 Å². The van der Waals surface area contributed by atoms with Crippen LogP contribution in [-0.4, -0.2) is 13.0 Å². The molecule has 2 aromatic carbocycles. The molecule has 110 valence electrons. The summed E-state index contributed by atoms with van der Waals surface area (Å²) in [5.41, 5.74) is 2.07. The molecule has 2 rings (SSSR count). The van der Waals surface area contributed by atoms with Gasteiger partial charge >= 0.3 is 6.41 Å². The van der Waals surface area contributed by atoms with Crippen molar-refractivity contribution in [1.82, 2.24) is 4.48 Å². The van der Waals surface area contributed by atoms with Crippen LogP contribution in [-0.2, 0) is 4.79 Å². The van der Waals surface area contributed by atoms with Crippen molar-refractivity contribution < 1.29 is 4.79 Å². The van der Waals surface area contributed by atoms with Crippen molar-refractivity contribution in [2.75, 3.05) is 6.54 Å². The molecular weight excluding hydrogens is 258 g/mol. The second-order valence-corrected chi connectivity index (χ2v) is 5.43. The highest BCUT2D eigenvalue weighted by Crippen LogP contribution is 2.33. The third-order valence-electron chi connectivity index (χ3n) is 3.98. The maximum Gasteiger partial charge on any atom is 0.311 e. The topological polar surface area (TPSA) is 17.1 Å². The highest BCUT2D eigenvalue weighted by molar-refractivity contribution is 5.80. The minimum absolute atomic E-state index is 0.283. The molecule has 0 atom stereocenters. The second-order valence-electron chi connectivity index (χ2n) is 5.43. The molecule has 2 nitrogen and oxygen atoms in total. The van der Waals surface area contributed by atoms with Crippen LogP contribution >= 0.6 is 0 Å². The molecule has 0 aromatic heterocycles. The van der Waals surface area contributed by atoms with Gasteiger partial charge in [0.15, 0.2) is 0 Å². The van der Waals surface area contributed by atoms with Crippen molar-refractivity contribution in [3.8, 4) is 0 Å². The van der Waals surface area contributed by atoms with E-state index in [0.29, 0.717) is 0 Å². The maximum absolute atomic E-state index is 12.1. The van der Waals surface area contributed by atoms with Gasteiger partial charge in [-0.3, -0.25) is 0 Å². The number of unbranched alkanes of at least 4 members (excludes halogenated alkanes) is 3. The molecule has 0 fully saturated rings. The van der Waals surface area contributed by atoms with Crippen molar-refractivity contribution in [3.63, 3.8) is 0 Å². The Hall–Kier alpha value is -1.93. The lowest BCUT2D eigenvalue weighted by atomic mass is 10.1. The minimum atomic E-state index is 0.283. The Morgan fingerprint density at radius 3 is 1.76 bits per heavy atom. The molecule has 2 aromatic rings. The van der Waals surface area contributed by atoms with Gasteiger partial charge in [-0.15, -0.1) is 0 Å². The molecule has 0 saturated carbocycles. The summed E-state index contributed by atoms with van der Waals surface area (Å²) in [6, 6.07) is 20.2. The zero-order valence-electron chi connectivity index (χ0n) is 12.7. The summed E-state index contributed by atoms with van der Waals surface area (Å²) < 4.78 is 0.283. The standard InChI is InChI=1S/C19H24NO/c1-2-3-4-11-16-20(17-21,18-12-7-5-8-13-18)19-14-9-6-10-15-19/h5-10,12-15,17H,2-4,11,16H2,1H3/q+1. The zero-order chi connectivity index (χ0) is 15.0. The summed E-state index contributed by atoms with van der Waals surface area (Å²) >= 11 is 0. The molecule has 0 N–H and O–H groups in total. The molecule has 0 aliphatic heterocycles. The monoisotopic (exact) mass is 282 g/mol. The van der Waals surface area contributed by atoms with Crippen molar-refractivity contribution in [1.29, 1.82) is 0 Å². The number of carbonyl (C=O) groups excluding carboxylic acids is 1. The Bertz CT molecular complexity index is 497. The lowest BCUT2D eigenvalue weighted by Gasteiger charge is -2.31. The van der Waals surface area contributed by atoms with E-state index in [2.05, 4.69) is 6.92 Å². The molecule has 1 amide bonds. The summed E-state index contributed by atoms with van der Waals surface area (Å²) in [7, 11) is 0. The Morgan fingerprint density at radius 1 is 0.810 bits per heavy atom. The second kappa shape index (κ2) is 7.75. The van der Waals surface area contributed by atoms with Gasteiger partial charge in [-0.2, -0.15) is 4.48 Å². The molecule has 21 heavy (non-hydrogen) atoms. The lowest BCUT2D eigenvalue weighted by Crippen LogP contribution is -2.43. The molecule has 0 aliphatic carbocycles. The largest absolute Gasteiger partial charge is 0.311 e. The first kappa shape index (κ1) is 15.5. The zero-order valence-corrected chi connectivity index (χ0v) is 12.7. The van der Waals surface area contributed by atoms with Crippen LogP contribution in [0.1, 0.15) is 32.6 Å². The summed E-state index contributed by atoms with van der Waals surface area (Å²) in [6.45, 7) is 3.02. The number of hydrogen-bond acceptors (Lipinski definition) is 1. The predicted molar refractivity (Wildman–Crippen MR) is 89.4 cm³/mol. The minimum Gasteiger partial charge on any atom is -0.233 e. The van der Waals surface area contributed by atoms with E-state index in [-0.39, 0.29) is 4.48 Å². The average molecular weight is 282 g/mol. The van der Waals surface area contributed by atoms with Gasteiger partial charge in [0.1, 0.15) is 11.4 Å². The smallest absolute Gasteiger partial charge is 0.233 e. The van der Waals surface area contributed by atoms with Gasteiger partial charge in [-0.25, -0.2) is 4.79 Å². The Labute approximate surface area is 127 Å². The van der Waals surface area contributed by atoms with Crippen molar-refractivity contribution >= 4 is 17.8 Å². The van der Waals surface area contributed by atoms with Crippen molar-refractivity contribution in [3.05, 3.63) is 60.7 Å². The first-order chi connectivity index (χ1) is 10.3. The van der Waals surface area contributed by atoms with Gasteiger partial charge in [0.05, 0.1) is 6.54 Å². The summed E-state index contributed by atoms with van der Waals surface area (Å²) in [5, 5.41) is 0. The van der Waals surface area contributed by atoms with Crippen molar-refractivity contribution in [2.45, 2.75) is 32.6 Å². The SMILES string of the molecule is CCCCCC[N+](C=O)(c1ccccc1)c1ccccc1. The molecule has 0 unspecified atom stereocenters. The van der Waals surface area contributed by atoms with Gasteiger partial charge in [0.2, 0.25) is 0 Å². The number of benzene rings is 2. The van der Waals surface area contributed by atoms with E-state index < -0.39 is 0 Å². The number of rotatable bonds is 8. The molecule has 0 spiro atoms. The molecule has 0 aliphatic rings. The third-order valence-corrected chi connectivity index (χ3v) is 3.98. The lowest BCUT2D eigenvalue weighted by molar-refractivity contribution is -0.115. The number of para-hydroxylation sites is 2. The Morgan fingerprint density at radius 2 is 1.33 bits per heavy atom. The van der Waals surface area contributed by atoms with Gasteiger partial charge < -0.3 is 0 Å². The average Bonchev–Trinajstić information content (AvgIpc) is 2.57. The predicted octanol–water partition coefficient (Wildman–Crippen LogP) is 5.06. The quantitative estimate of drug-likeness (QED) is 0.375. The van der Waals surface area contributed by atoms with Crippen LogP contribution in [0.25, 0.3) is 0 Å². The Balaban J connectivity index is 2.35. The van der Waals surface area contributed by atoms with Crippen molar-refractivity contribution in [2.24, 2.45) is 0 Å². The normalized spacial score (nSPS) is 11.3. The molecular formula is C19H24NO+. The number of carbonyl (C=O) groups is 1. The van der Waals surface area contributed by atoms with Crippen LogP contribution in [0.5, 0.6) is 0 Å². The summed E-state index contributed by atoms with van der Waals surface area (Å²) in [5.74, 6) is 0. The van der Waals surface area contributed by atoms with Gasteiger partial charge in [0, 0.05) is 24.3 Å². The van der Waals surface area contributed by atoms with Crippen LogP contribution in [0, 0.1) is 0 Å². The molecule has 0 heterocycles. The molecule has 0 radical (unpaired) electrons. The van der Waals surface area contributed by atoms with E-state index in [9.17, 15) is 4.79 Å². The number of hydrogen-bond donors (Lipinski definition) is 0. The Kier molecular flexibility index (Phi) is 5.70. The van der Waals surface area contributed by atoms with E-state index in [4.69, 9.17) is 0 Å². The fraction of sp³-hybridized carbons (Fsp3) is 0.316. The first-order valence-corrected chi connectivity index (χ1v) is 7.79. The highest BCUT2D eigenvalue weighted by Gasteiger charge is 2.32. The van der Waals surface area contributed by atoms with E-state index in [1.165, 1.54) is 19.3 Å². The van der Waals surface area contributed by atoms with Gasteiger partial charge in [-0.05, 0) is 12.8 Å². The number of nitrogens with zero attached hydrogens (tertiary/aromatic N) is 1. The fourth-order valence-electron chi connectivity index (χ4n) is 2.76. The van der Waals surface area contributed by atoms with Crippen LogP contribution in [0.3, 0.4) is 0 Å². The first-order valence-electron chi connectivity index (χ1n) is 7.79. The number of amides is 1. The summed E-state index contributed by atoms with van der Waals surface area (Å²) in [6.07, 6.45) is 5.73. The molecule has 0 saturated heterocycles. The molecule has 0 bridgehead atoms. The number of quaternary nitrogens is 1. The van der Waals surface area contributed by atoms with Crippen LogP contribution in [0.4, 0.5) is 11.4 Å². The molecule has 2 heteroatoms. The van der Waals surface area contributed by atoms with Crippen LogP contribution in [0.2, 0.25) is 0 Å². The van der Waals surface area contributed by atoms with E-state index in [1.54, 1.807) is 0 Å². The van der Waals surface area contributed by atoms with Gasteiger partial charge in [0.25, 0.3) is 0 Å². The fourth-order valence-corrected chi connectivity index (χ4v) is 2.76. The highest BCUT2D eigenvalue weighted by atomic mass is 16.1. The van der Waals surface area contributed by atoms with Crippen LogP contribution in [0.15, 0.2) is 60.7 Å². The van der Waals surface area contributed by atoms with E-state index in [1.807, 2.05) is 60.7 Å². The third kappa shape index (κ3) is 3.59. The maximum atomic E-state index is 12.1. The summed E-state index contributed by atoms with van der Waals surface area (Å²) in [4.78, 5) is 12.1. The van der Waals surface area contributed by atoms with E-state index >= 15 is 0 Å². The van der Waals surface area contributed by atoms with E-state index in [0.717, 1.165) is 30.8 Å².